The number of carbonyl (C=O) groups is 2. The number of nitrogens with zero attached hydrogens (tertiary/aromatic N) is 1. The van der Waals surface area contributed by atoms with Crippen molar-refractivity contribution in [3.63, 3.8) is 0 Å². The summed E-state index contributed by atoms with van der Waals surface area (Å²) in [6.45, 7) is 3.28. The Kier molecular flexibility index (Phi) is 4.70. The zero-order chi connectivity index (χ0) is 15.4. The Bertz CT molecular complexity index is 701. The topological polar surface area (TPSA) is 71.1 Å². The van der Waals surface area contributed by atoms with Crippen molar-refractivity contribution in [2.75, 3.05) is 10.6 Å². The quantitative estimate of drug-likeness (QED) is 0.836. The molecule has 1 aromatic heterocycles. The third-order valence-corrected chi connectivity index (χ3v) is 3.28. The van der Waals surface area contributed by atoms with Crippen LogP contribution in [0, 0.1) is 6.92 Å². The summed E-state index contributed by atoms with van der Waals surface area (Å²) in [5, 5.41) is 5.44. The van der Waals surface area contributed by atoms with E-state index in [1.54, 1.807) is 36.4 Å². The lowest BCUT2D eigenvalue weighted by Crippen LogP contribution is -2.14. The largest absolute Gasteiger partial charge is 0.326 e. The summed E-state index contributed by atoms with van der Waals surface area (Å²) >= 11 is 3.28. The number of aromatic nitrogens is 1. The number of pyridine rings is 1. The molecule has 0 aliphatic carbocycles. The van der Waals surface area contributed by atoms with Crippen LogP contribution in [0.4, 0.5) is 11.4 Å². The lowest BCUT2D eigenvalue weighted by Gasteiger charge is -2.09. The number of nitrogens with one attached hydrogen (secondary N) is 2. The van der Waals surface area contributed by atoms with Crippen molar-refractivity contribution in [3.05, 3.63) is 52.3 Å². The van der Waals surface area contributed by atoms with Crippen molar-refractivity contribution >= 4 is 39.1 Å². The number of anilines is 2. The Morgan fingerprint density at radius 1 is 1.10 bits per heavy atom. The minimum Gasteiger partial charge on any atom is -0.326 e. The van der Waals surface area contributed by atoms with Gasteiger partial charge >= 0.3 is 0 Å². The van der Waals surface area contributed by atoms with E-state index in [2.05, 4.69) is 31.5 Å². The van der Waals surface area contributed by atoms with Crippen LogP contribution in [-0.2, 0) is 4.79 Å². The second-order valence-electron chi connectivity index (χ2n) is 4.51. The number of aryl methyl sites for hydroxylation is 1. The standard InChI is InChI=1S/C15H14BrN3O2/c1-9-6-7-13(14(16)17-9)15(21)19-12-5-3-4-11(8-12)18-10(2)20/h3-8H,1-2H3,(H,18,20)(H,19,21). The van der Waals surface area contributed by atoms with Crippen molar-refractivity contribution in [2.45, 2.75) is 13.8 Å². The predicted molar refractivity (Wildman–Crippen MR) is 85.4 cm³/mol. The summed E-state index contributed by atoms with van der Waals surface area (Å²) < 4.78 is 0.498. The van der Waals surface area contributed by atoms with E-state index in [1.807, 2.05) is 6.92 Å². The molecule has 1 heterocycles. The van der Waals surface area contributed by atoms with Crippen LogP contribution in [0.5, 0.6) is 0 Å². The lowest BCUT2D eigenvalue weighted by molar-refractivity contribution is -0.114. The minimum absolute atomic E-state index is 0.163. The van der Waals surface area contributed by atoms with Crippen LogP contribution < -0.4 is 10.6 Å². The Labute approximate surface area is 130 Å². The zero-order valence-corrected chi connectivity index (χ0v) is 13.2. The average Bonchev–Trinajstić information content (AvgIpc) is 2.37. The first-order valence-corrected chi connectivity index (χ1v) is 7.07. The fraction of sp³-hybridized carbons (Fsp3) is 0.133. The molecular formula is C15H14BrN3O2. The Hall–Kier alpha value is -2.21. The van der Waals surface area contributed by atoms with Crippen LogP contribution in [0.1, 0.15) is 23.0 Å². The molecule has 2 amide bonds. The van der Waals surface area contributed by atoms with Gasteiger partial charge in [-0.1, -0.05) is 6.07 Å². The maximum absolute atomic E-state index is 12.2. The predicted octanol–water partition coefficient (Wildman–Crippen LogP) is 3.36. The molecule has 0 unspecified atom stereocenters. The normalized spacial score (nSPS) is 10.0. The van der Waals surface area contributed by atoms with Crippen molar-refractivity contribution < 1.29 is 9.59 Å². The van der Waals surface area contributed by atoms with E-state index < -0.39 is 0 Å². The van der Waals surface area contributed by atoms with Gasteiger partial charge < -0.3 is 10.6 Å². The maximum atomic E-state index is 12.2. The van der Waals surface area contributed by atoms with Gasteiger partial charge in [-0.25, -0.2) is 4.98 Å². The van der Waals surface area contributed by atoms with Gasteiger partial charge in [0.1, 0.15) is 4.60 Å². The molecule has 0 spiro atoms. The third kappa shape index (κ3) is 4.13. The second kappa shape index (κ2) is 6.49. The highest BCUT2D eigenvalue weighted by Gasteiger charge is 2.11. The second-order valence-corrected chi connectivity index (χ2v) is 5.26. The van der Waals surface area contributed by atoms with Gasteiger partial charge in [-0.3, -0.25) is 9.59 Å². The zero-order valence-electron chi connectivity index (χ0n) is 11.6. The Morgan fingerprint density at radius 2 is 1.76 bits per heavy atom. The number of amides is 2. The molecule has 6 heteroatoms. The van der Waals surface area contributed by atoms with Crippen LogP contribution >= 0.6 is 15.9 Å². The van der Waals surface area contributed by atoms with Crippen LogP contribution in [0.3, 0.4) is 0 Å². The number of benzene rings is 1. The lowest BCUT2D eigenvalue weighted by atomic mass is 10.2. The Balaban J connectivity index is 2.17. The molecular weight excluding hydrogens is 334 g/mol. The van der Waals surface area contributed by atoms with Gasteiger partial charge in [0.15, 0.2) is 0 Å². The molecule has 2 rings (SSSR count). The highest BCUT2D eigenvalue weighted by molar-refractivity contribution is 9.10. The van der Waals surface area contributed by atoms with Gasteiger partial charge in [-0.2, -0.15) is 0 Å². The average molecular weight is 348 g/mol. The molecule has 0 saturated carbocycles. The summed E-state index contributed by atoms with van der Waals surface area (Å²) in [4.78, 5) is 27.4. The van der Waals surface area contributed by atoms with E-state index >= 15 is 0 Å². The monoisotopic (exact) mass is 347 g/mol. The number of hydrogen-bond acceptors (Lipinski definition) is 3. The summed E-state index contributed by atoms with van der Waals surface area (Å²) in [5.74, 6) is -0.432. The highest BCUT2D eigenvalue weighted by atomic mass is 79.9. The van der Waals surface area contributed by atoms with E-state index in [9.17, 15) is 9.59 Å². The first-order valence-electron chi connectivity index (χ1n) is 6.28. The summed E-state index contributed by atoms with van der Waals surface area (Å²) in [6, 6.07) is 10.4. The molecule has 5 nitrogen and oxygen atoms in total. The van der Waals surface area contributed by atoms with E-state index in [0.717, 1.165) is 5.69 Å². The minimum atomic E-state index is -0.269. The van der Waals surface area contributed by atoms with E-state index in [4.69, 9.17) is 0 Å². The summed E-state index contributed by atoms with van der Waals surface area (Å²) in [6.07, 6.45) is 0. The van der Waals surface area contributed by atoms with E-state index in [1.165, 1.54) is 6.92 Å². The van der Waals surface area contributed by atoms with Crippen molar-refractivity contribution in [1.82, 2.24) is 4.98 Å². The first kappa shape index (κ1) is 15.2. The molecule has 21 heavy (non-hydrogen) atoms. The van der Waals surface area contributed by atoms with Gasteiger partial charge in [-0.05, 0) is 53.2 Å². The van der Waals surface area contributed by atoms with Crippen molar-refractivity contribution in [3.8, 4) is 0 Å². The van der Waals surface area contributed by atoms with Crippen molar-refractivity contribution in [1.29, 1.82) is 0 Å². The summed E-state index contributed by atoms with van der Waals surface area (Å²) in [7, 11) is 0. The van der Waals surface area contributed by atoms with Crippen LogP contribution in [0.25, 0.3) is 0 Å². The molecule has 1 aromatic carbocycles. The summed E-state index contributed by atoms with van der Waals surface area (Å²) in [5.41, 5.74) is 2.50. The van der Waals surface area contributed by atoms with Gasteiger partial charge in [0, 0.05) is 24.0 Å². The molecule has 0 atom stereocenters. The number of halogens is 1. The number of rotatable bonds is 3. The molecule has 0 fully saturated rings. The smallest absolute Gasteiger partial charge is 0.258 e. The first-order chi connectivity index (χ1) is 9.95. The molecule has 0 bridgehead atoms. The van der Waals surface area contributed by atoms with E-state index in [-0.39, 0.29) is 11.8 Å². The fourth-order valence-corrected chi connectivity index (χ4v) is 2.36. The SMILES string of the molecule is CC(=O)Nc1cccc(NC(=O)c2ccc(C)nc2Br)c1. The third-order valence-electron chi connectivity index (χ3n) is 2.67. The number of hydrogen-bond donors (Lipinski definition) is 2. The Morgan fingerprint density at radius 3 is 2.38 bits per heavy atom. The molecule has 108 valence electrons. The maximum Gasteiger partial charge on any atom is 0.258 e. The van der Waals surface area contributed by atoms with Gasteiger partial charge in [0.25, 0.3) is 5.91 Å². The molecule has 2 aromatic rings. The van der Waals surface area contributed by atoms with Gasteiger partial charge in [0.05, 0.1) is 5.56 Å². The van der Waals surface area contributed by atoms with Crippen LogP contribution in [-0.4, -0.2) is 16.8 Å². The van der Waals surface area contributed by atoms with Gasteiger partial charge in [0.2, 0.25) is 5.91 Å². The molecule has 2 N–H and O–H groups in total. The number of carbonyl (C=O) groups excluding carboxylic acids is 2. The molecule has 0 saturated heterocycles. The fourth-order valence-electron chi connectivity index (χ4n) is 1.77. The van der Waals surface area contributed by atoms with Crippen LogP contribution in [0.2, 0.25) is 0 Å². The molecule has 0 radical (unpaired) electrons. The van der Waals surface area contributed by atoms with Crippen molar-refractivity contribution in [2.24, 2.45) is 0 Å². The molecule has 0 aliphatic heterocycles. The molecule has 0 aliphatic rings. The van der Waals surface area contributed by atoms with Crippen LogP contribution in [0.15, 0.2) is 41.0 Å². The van der Waals surface area contributed by atoms with E-state index in [0.29, 0.717) is 21.5 Å². The van der Waals surface area contributed by atoms with Gasteiger partial charge in [-0.15, -0.1) is 0 Å². The highest BCUT2D eigenvalue weighted by Crippen LogP contribution is 2.19.